The van der Waals surface area contributed by atoms with E-state index in [1.165, 1.54) is 12.1 Å². The Bertz CT molecular complexity index is 851. The second-order valence-electron chi connectivity index (χ2n) is 7.07. The zero-order valence-corrected chi connectivity index (χ0v) is 16.1. The van der Waals surface area contributed by atoms with Crippen molar-refractivity contribution in [3.8, 4) is 0 Å². The van der Waals surface area contributed by atoms with Crippen LogP contribution in [0.2, 0.25) is 0 Å². The summed E-state index contributed by atoms with van der Waals surface area (Å²) in [6.07, 6.45) is -1.73. The first-order chi connectivity index (χ1) is 13.1. The van der Waals surface area contributed by atoms with Crippen LogP contribution >= 0.6 is 11.8 Å². The molecule has 1 fully saturated rings. The van der Waals surface area contributed by atoms with Crippen molar-refractivity contribution in [1.82, 2.24) is 15.0 Å². The van der Waals surface area contributed by atoms with E-state index < -0.39 is 11.9 Å². The molecule has 1 aliphatic heterocycles. The van der Waals surface area contributed by atoms with Gasteiger partial charge in [0.25, 0.3) is 0 Å². The van der Waals surface area contributed by atoms with Crippen LogP contribution in [0.15, 0.2) is 28.3 Å². The molecule has 0 atom stereocenters. The van der Waals surface area contributed by atoms with Crippen LogP contribution < -0.4 is 22.1 Å². The Morgan fingerprint density at radius 1 is 1.18 bits per heavy atom. The number of nitrogens with two attached hydrogens (primary N) is 3. The van der Waals surface area contributed by atoms with Crippen LogP contribution in [0, 0.1) is 5.41 Å². The van der Waals surface area contributed by atoms with Gasteiger partial charge in [-0.05, 0) is 36.9 Å². The van der Waals surface area contributed by atoms with E-state index in [4.69, 9.17) is 17.2 Å². The van der Waals surface area contributed by atoms with E-state index in [0.717, 1.165) is 30.8 Å². The van der Waals surface area contributed by atoms with Gasteiger partial charge in [0.1, 0.15) is 5.03 Å². The zero-order valence-electron chi connectivity index (χ0n) is 15.3. The van der Waals surface area contributed by atoms with Crippen molar-refractivity contribution < 1.29 is 13.2 Å². The van der Waals surface area contributed by atoms with Gasteiger partial charge in [-0.15, -0.1) is 0 Å². The smallest absolute Gasteiger partial charge is 0.381 e. The predicted molar refractivity (Wildman–Crippen MR) is 103 cm³/mol. The highest BCUT2D eigenvalue weighted by molar-refractivity contribution is 7.99. The van der Waals surface area contributed by atoms with Crippen molar-refractivity contribution in [2.45, 2.75) is 35.9 Å². The highest BCUT2D eigenvalue weighted by Crippen LogP contribution is 2.40. The van der Waals surface area contributed by atoms with Crippen LogP contribution in [0.5, 0.6) is 0 Å². The lowest BCUT2D eigenvalue weighted by molar-refractivity contribution is -0.143. The Hall–Kier alpha value is -2.27. The number of halogens is 3. The number of nitrogen functional groups attached to an aromatic ring is 2. The molecule has 2 aromatic rings. The first-order valence-corrected chi connectivity index (χ1v) is 9.53. The number of rotatable bonds is 4. The highest BCUT2D eigenvalue weighted by Gasteiger charge is 2.36. The number of piperidine rings is 1. The maximum atomic E-state index is 13.1. The normalized spacial score (nSPS) is 17.0. The molecule has 0 spiro atoms. The van der Waals surface area contributed by atoms with Gasteiger partial charge in [0.15, 0.2) is 23.1 Å². The number of anilines is 3. The Morgan fingerprint density at radius 2 is 1.86 bits per heavy atom. The number of hydrogen-bond acceptors (Lipinski definition) is 8. The summed E-state index contributed by atoms with van der Waals surface area (Å²) in [7, 11) is 0. The molecular weight excluding hydrogens is 391 g/mol. The minimum atomic E-state index is -4.58. The van der Waals surface area contributed by atoms with Gasteiger partial charge >= 0.3 is 6.18 Å². The predicted octanol–water partition coefficient (Wildman–Crippen LogP) is 2.77. The van der Waals surface area contributed by atoms with Crippen LogP contribution in [0.3, 0.4) is 0 Å². The van der Waals surface area contributed by atoms with Crippen molar-refractivity contribution in [3.63, 3.8) is 0 Å². The molecule has 2 aromatic heterocycles. The number of alkyl halides is 3. The first-order valence-electron chi connectivity index (χ1n) is 8.71. The number of pyridine rings is 1. The molecule has 0 saturated carbocycles. The fourth-order valence-corrected chi connectivity index (χ4v) is 3.91. The lowest BCUT2D eigenvalue weighted by Crippen LogP contribution is -2.43. The van der Waals surface area contributed by atoms with Crippen molar-refractivity contribution in [2.75, 3.05) is 36.0 Å². The Morgan fingerprint density at radius 3 is 2.46 bits per heavy atom. The Balaban J connectivity index is 1.84. The third-order valence-corrected chi connectivity index (χ3v) is 5.95. The number of hydrogen-bond donors (Lipinski definition) is 3. The maximum Gasteiger partial charge on any atom is 0.434 e. The van der Waals surface area contributed by atoms with Gasteiger partial charge in [0.2, 0.25) is 0 Å². The van der Waals surface area contributed by atoms with Crippen LogP contribution in [-0.4, -0.2) is 34.6 Å². The quantitative estimate of drug-likeness (QED) is 0.700. The molecule has 0 amide bonds. The molecule has 6 N–H and O–H groups in total. The molecule has 28 heavy (non-hydrogen) atoms. The minimum Gasteiger partial charge on any atom is -0.381 e. The number of aromatic nitrogens is 3. The third kappa shape index (κ3) is 4.25. The summed E-state index contributed by atoms with van der Waals surface area (Å²) < 4.78 is 39.4. The lowest BCUT2D eigenvalue weighted by atomic mass is 9.80. The minimum absolute atomic E-state index is 0.0262. The van der Waals surface area contributed by atoms with Gasteiger partial charge in [-0.25, -0.2) is 9.97 Å². The van der Waals surface area contributed by atoms with E-state index in [9.17, 15) is 13.2 Å². The van der Waals surface area contributed by atoms with Crippen molar-refractivity contribution >= 4 is 29.2 Å². The molecule has 0 bridgehead atoms. The summed E-state index contributed by atoms with van der Waals surface area (Å²) >= 11 is 0.744. The summed E-state index contributed by atoms with van der Waals surface area (Å²) in [5.74, 6) is 0.604. The van der Waals surface area contributed by atoms with E-state index in [1.54, 1.807) is 0 Å². The highest BCUT2D eigenvalue weighted by atomic mass is 32.2. The summed E-state index contributed by atoms with van der Waals surface area (Å²) in [5, 5.41) is 0.114. The van der Waals surface area contributed by atoms with Gasteiger partial charge < -0.3 is 22.1 Å². The molecule has 7 nitrogen and oxygen atoms in total. The van der Waals surface area contributed by atoms with Gasteiger partial charge in [0.05, 0.1) is 0 Å². The van der Waals surface area contributed by atoms with Crippen LogP contribution in [0.25, 0.3) is 0 Å². The van der Waals surface area contributed by atoms with Crippen molar-refractivity contribution in [2.24, 2.45) is 11.1 Å². The van der Waals surface area contributed by atoms with Gasteiger partial charge in [-0.1, -0.05) is 18.7 Å². The summed E-state index contributed by atoms with van der Waals surface area (Å²) in [4.78, 5) is 13.8. The van der Waals surface area contributed by atoms with Crippen molar-refractivity contribution in [3.05, 3.63) is 24.0 Å². The standard InChI is InChI=1S/C17H22F3N7S/c1-16(9-21)4-7-27(8-5-16)14-12(22)26-15(13(23)25-14)28-10-3-2-6-24-11(10)17(18,19)20/h2-3,6H,4-5,7-9,21H2,1H3,(H2,22,26)(H2,23,25). The lowest BCUT2D eigenvalue weighted by Gasteiger charge is -2.39. The van der Waals surface area contributed by atoms with E-state index in [-0.39, 0.29) is 27.0 Å². The second kappa shape index (κ2) is 7.63. The average Bonchev–Trinajstić information content (AvgIpc) is 2.65. The zero-order chi connectivity index (χ0) is 20.5. The molecule has 0 radical (unpaired) electrons. The summed E-state index contributed by atoms with van der Waals surface area (Å²) in [6, 6.07) is 2.73. The fourth-order valence-electron chi connectivity index (χ4n) is 3.00. The van der Waals surface area contributed by atoms with E-state index in [0.29, 0.717) is 25.5 Å². The van der Waals surface area contributed by atoms with Gasteiger partial charge in [-0.2, -0.15) is 13.2 Å². The van der Waals surface area contributed by atoms with Gasteiger partial charge in [-0.3, -0.25) is 4.98 Å². The maximum absolute atomic E-state index is 13.1. The van der Waals surface area contributed by atoms with Crippen LogP contribution in [0.1, 0.15) is 25.5 Å². The van der Waals surface area contributed by atoms with Crippen LogP contribution in [-0.2, 0) is 6.18 Å². The molecule has 3 heterocycles. The molecule has 3 rings (SSSR count). The van der Waals surface area contributed by atoms with Crippen molar-refractivity contribution in [1.29, 1.82) is 0 Å². The first kappa shape index (κ1) is 20.5. The van der Waals surface area contributed by atoms with Gasteiger partial charge in [0, 0.05) is 24.2 Å². The van der Waals surface area contributed by atoms with Crippen LogP contribution in [0.4, 0.5) is 30.6 Å². The molecule has 152 valence electrons. The second-order valence-corrected chi connectivity index (χ2v) is 8.11. The SMILES string of the molecule is CC1(CN)CCN(c2nc(N)c(Sc3cccnc3C(F)(F)F)nc2N)CC1. The molecule has 0 aliphatic carbocycles. The summed E-state index contributed by atoms with van der Waals surface area (Å²) in [5.41, 5.74) is 16.9. The molecular formula is C17H22F3N7S. The Kier molecular flexibility index (Phi) is 5.57. The molecule has 1 aliphatic rings. The van der Waals surface area contributed by atoms with E-state index >= 15 is 0 Å². The Labute approximate surface area is 164 Å². The third-order valence-electron chi connectivity index (χ3n) is 4.91. The number of nitrogens with zero attached hydrogens (tertiary/aromatic N) is 4. The average molecular weight is 413 g/mol. The van der Waals surface area contributed by atoms with E-state index in [1.807, 2.05) is 4.90 Å². The topological polar surface area (TPSA) is 120 Å². The summed E-state index contributed by atoms with van der Waals surface area (Å²) in [6.45, 7) is 4.16. The molecule has 11 heteroatoms. The fraction of sp³-hybridized carbons (Fsp3) is 0.471. The van der Waals surface area contributed by atoms with E-state index in [2.05, 4.69) is 21.9 Å². The largest absolute Gasteiger partial charge is 0.434 e. The molecule has 1 saturated heterocycles. The molecule has 0 aromatic carbocycles. The molecule has 0 unspecified atom stereocenters. The monoisotopic (exact) mass is 413 g/mol.